The van der Waals surface area contributed by atoms with E-state index in [1.807, 2.05) is 12.1 Å². The topological polar surface area (TPSA) is 88.7 Å². The second-order valence-corrected chi connectivity index (χ2v) is 7.67. The third-order valence-electron chi connectivity index (χ3n) is 5.38. The molecule has 1 heterocycles. The van der Waals surface area contributed by atoms with Gasteiger partial charge in [0.25, 0.3) is 5.91 Å². The Kier molecular flexibility index (Phi) is 6.49. The van der Waals surface area contributed by atoms with Gasteiger partial charge in [0.15, 0.2) is 6.61 Å². The molecule has 0 bridgehead atoms. The van der Waals surface area contributed by atoms with Crippen LogP contribution in [0.25, 0.3) is 0 Å². The molecule has 0 saturated carbocycles. The molecular weight excluding hydrogens is 382 g/mol. The van der Waals surface area contributed by atoms with Crippen LogP contribution in [0.5, 0.6) is 5.75 Å². The van der Waals surface area contributed by atoms with Crippen molar-refractivity contribution in [2.24, 2.45) is 0 Å². The smallest absolute Gasteiger partial charge is 0.319 e. The molecular formula is C23H27N3O4. The molecule has 3 N–H and O–H groups in total. The number of carbonyl (C=O) groups excluding carboxylic acids is 2. The van der Waals surface area contributed by atoms with Crippen LogP contribution in [0.1, 0.15) is 30.4 Å². The van der Waals surface area contributed by atoms with Crippen molar-refractivity contribution in [3.05, 3.63) is 53.6 Å². The Hall–Kier alpha value is -3.06. The molecule has 1 fully saturated rings. The first kappa shape index (κ1) is 20.2. The fourth-order valence-electron chi connectivity index (χ4n) is 3.81. The van der Waals surface area contributed by atoms with Crippen molar-refractivity contribution >= 4 is 23.3 Å². The Balaban J connectivity index is 1.20. The number of urea groups is 1. The number of hydrogen-bond donors (Lipinski definition) is 3. The number of nitrogens with one attached hydrogen (secondary N) is 3. The fourth-order valence-corrected chi connectivity index (χ4v) is 3.81. The third-order valence-corrected chi connectivity index (χ3v) is 5.38. The summed E-state index contributed by atoms with van der Waals surface area (Å²) in [6.07, 6.45) is 5.50. The first-order chi connectivity index (χ1) is 14.7. The van der Waals surface area contributed by atoms with E-state index in [1.54, 1.807) is 24.3 Å². The summed E-state index contributed by atoms with van der Waals surface area (Å²) in [6, 6.07) is 12.7. The summed E-state index contributed by atoms with van der Waals surface area (Å²) in [5.41, 5.74) is 3.98. The van der Waals surface area contributed by atoms with Gasteiger partial charge in [-0.25, -0.2) is 4.79 Å². The molecule has 0 radical (unpaired) electrons. The average molecular weight is 409 g/mol. The van der Waals surface area contributed by atoms with Crippen molar-refractivity contribution in [1.82, 2.24) is 5.32 Å². The maximum absolute atomic E-state index is 12.2. The molecule has 158 valence electrons. The van der Waals surface area contributed by atoms with Crippen LogP contribution in [-0.2, 0) is 22.4 Å². The van der Waals surface area contributed by atoms with Crippen molar-refractivity contribution in [1.29, 1.82) is 0 Å². The molecule has 3 amide bonds. The van der Waals surface area contributed by atoms with E-state index in [9.17, 15) is 9.59 Å². The van der Waals surface area contributed by atoms with Crippen LogP contribution in [-0.4, -0.2) is 37.8 Å². The van der Waals surface area contributed by atoms with Gasteiger partial charge in [-0.2, -0.15) is 0 Å². The summed E-state index contributed by atoms with van der Waals surface area (Å²) < 4.78 is 11.1. The van der Waals surface area contributed by atoms with E-state index >= 15 is 0 Å². The number of fused-ring (bicyclic) bond motifs is 1. The van der Waals surface area contributed by atoms with Gasteiger partial charge in [-0.1, -0.05) is 6.07 Å². The van der Waals surface area contributed by atoms with Gasteiger partial charge >= 0.3 is 6.03 Å². The predicted octanol–water partition coefficient (Wildman–Crippen LogP) is 3.49. The molecule has 2 aliphatic rings. The number of benzene rings is 2. The largest absolute Gasteiger partial charge is 0.484 e. The Morgan fingerprint density at radius 2 is 1.73 bits per heavy atom. The molecule has 4 rings (SSSR count). The van der Waals surface area contributed by atoms with Gasteiger partial charge in [0, 0.05) is 24.5 Å². The number of aryl methyl sites for hydroxylation is 2. The number of rotatable bonds is 7. The summed E-state index contributed by atoms with van der Waals surface area (Å²) in [7, 11) is 0. The molecule has 0 aromatic heterocycles. The number of ether oxygens (including phenoxy) is 2. The maximum atomic E-state index is 12.2. The monoisotopic (exact) mass is 409 g/mol. The third kappa shape index (κ3) is 5.51. The molecule has 2 aromatic rings. The van der Waals surface area contributed by atoms with E-state index in [0.29, 0.717) is 17.9 Å². The van der Waals surface area contributed by atoms with Crippen LogP contribution >= 0.6 is 0 Å². The molecule has 1 atom stereocenters. The molecule has 2 aromatic carbocycles. The highest BCUT2D eigenvalue weighted by Gasteiger charge is 2.16. The highest BCUT2D eigenvalue weighted by molar-refractivity contribution is 5.93. The zero-order chi connectivity index (χ0) is 20.8. The first-order valence-electron chi connectivity index (χ1n) is 10.5. The standard InChI is InChI=1S/C23H27N3O4/c27-22(15-30-20-11-6-16-3-1-4-17(16)13-20)25-18-7-9-19(10-8-18)26-23(28)24-14-21-5-2-12-29-21/h6-11,13,21H,1-5,12,14-15H2,(H,25,27)(H2,24,26,28). The normalized spacial score (nSPS) is 17.3. The van der Waals surface area contributed by atoms with E-state index < -0.39 is 0 Å². The summed E-state index contributed by atoms with van der Waals surface area (Å²) in [6.45, 7) is 1.22. The zero-order valence-corrected chi connectivity index (χ0v) is 16.9. The molecule has 7 nitrogen and oxygen atoms in total. The predicted molar refractivity (Wildman–Crippen MR) is 115 cm³/mol. The minimum atomic E-state index is -0.273. The highest BCUT2D eigenvalue weighted by atomic mass is 16.5. The van der Waals surface area contributed by atoms with Gasteiger partial charge in [-0.3, -0.25) is 4.79 Å². The zero-order valence-electron chi connectivity index (χ0n) is 16.9. The molecule has 0 spiro atoms. The van der Waals surface area contributed by atoms with Gasteiger partial charge in [0.05, 0.1) is 6.10 Å². The van der Waals surface area contributed by atoms with E-state index in [4.69, 9.17) is 9.47 Å². The molecule has 1 aliphatic carbocycles. The van der Waals surface area contributed by atoms with Crippen LogP contribution in [0.4, 0.5) is 16.2 Å². The highest BCUT2D eigenvalue weighted by Crippen LogP contribution is 2.26. The molecule has 1 unspecified atom stereocenters. The molecule has 7 heteroatoms. The van der Waals surface area contributed by atoms with Crippen molar-refractivity contribution in [3.8, 4) is 5.75 Å². The lowest BCUT2D eigenvalue weighted by Crippen LogP contribution is -2.35. The van der Waals surface area contributed by atoms with Crippen molar-refractivity contribution in [2.75, 3.05) is 30.4 Å². The van der Waals surface area contributed by atoms with E-state index in [0.717, 1.165) is 38.0 Å². The summed E-state index contributed by atoms with van der Waals surface area (Å²) in [4.78, 5) is 24.1. The van der Waals surface area contributed by atoms with Crippen LogP contribution in [0.3, 0.4) is 0 Å². The van der Waals surface area contributed by atoms with Gasteiger partial charge in [-0.15, -0.1) is 0 Å². The average Bonchev–Trinajstić information content (AvgIpc) is 3.43. The number of amides is 3. The number of anilines is 2. The number of carbonyl (C=O) groups is 2. The minimum Gasteiger partial charge on any atom is -0.484 e. The minimum absolute atomic E-state index is 0.0512. The van der Waals surface area contributed by atoms with Crippen LogP contribution < -0.4 is 20.7 Å². The lowest BCUT2D eigenvalue weighted by molar-refractivity contribution is -0.118. The van der Waals surface area contributed by atoms with Gasteiger partial charge in [0.2, 0.25) is 0 Å². The molecule has 30 heavy (non-hydrogen) atoms. The SMILES string of the molecule is O=C(COc1ccc2c(c1)CCC2)Nc1ccc(NC(=O)NCC2CCCO2)cc1. The summed E-state index contributed by atoms with van der Waals surface area (Å²) >= 11 is 0. The van der Waals surface area contributed by atoms with Crippen molar-refractivity contribution < 1.29 is 19.1 Å². The lowest BCUT2D eigenvalue weighted by atomic mass is 10.1. The second-order valence-electron chi connectivity index (χ2n) is 7.67. The van der Waals surface area contributed by atoms with Crippen molar-refractivity contribution in [2.45, 2.75) is 38.2 Å². The quantitative estimate of drug-likeness (QED) is 0.653. The summed E-state index contributed by atoms with van der Waals surface area (Å²) in [5, 5.41) is 8.38. The molecule has 1 aliphatic heterocycles. The van der Waals surface area contributed by atoms with Gasteiger partial charge < -0.3 is 25.4 Å². The summed E-state index contributed by atoms with van der Waals surface area (Å²) in [5.74, 6) is 0.491. The van der Waals surface area contributed by atoms with E-state index in [1.165, 1.54) is 17.5 Å². The van der Waals surface area contributed by atoms with Crippen LogP contribution in [0, 0.1) is 0 Å². The fraction of sp³-hybridized carbons (Fsp3) is 0.391. The van der Waals surface area contributed by atoms with E-state index in [-0.39, 0.29) is 24.6 Å². The van der Waals surface area contributed by atoms with Crippen molar-refractivity contribution in [3.63, 3.8) is 0 Å². The van der Waals surface area contributed by atoms with Crippen LogP contribution in [0.2, 0.25) is 0 Å². The Labute approximate surface area is 176 Å². The van der Waals surface area contributed by atoms with Crippen LogP contribution in [0.15, 0.2) is 42.5 Å². The molecule has 1 saturated heterocycles. The Morgan fingerprint density at radius 1 is 0.967 bits per heavy atom. The first-order valence-corrected chi connectivity index (χ1v) is 10.5. The Morgan fingerprint density at radius 3 is 2.50 bits per heavy atom. The lowest BCUT2D eigenvalue weighted by Gasteiger charge is -2.12. The Bertz CT molecular complexity index is 892. The van der Waals surface area contributed by atoms with Gasteiger partial charge in [-0.05, 0) is 79.6 Å². The maximum Gasteiger partial charge on any atom is 0.319 e. The van der Waals surface area contributed by atoms with Gasteiger partial charge in [0.1, 0.15) is 5.75 Å². The van der Waals surface area contributed by atoms with E-state index in [2.05, 4.69) is 22.0 Å². The number of hydrogen-bond acceptors (Lipinski definition) is 4. The second kappa shape index (κ2) is 9.63.